The molecule has 2 atom stereocenters. The van der Waals surface area contributed by atoms with E-state index < -0.39 is 16.6 Å². The number of pyridine rings is 1. The van der Waals surface area contributed by atoms with Gasteiger partial charge in [0.2, 0.25) is 0 Å². The van der Waals surface area contributed by atoms with Crippen molar-refractivity contribution in [1.29, 1.82) is 0 Å². The summed E-state index contributed by atoms with van der Waals surface area (Å²) in [5, 5.41) is 19.3. The minimum absolute atomic E-state index is 0.0990. The molecular weight excluding hydrogens is 831 g/mol. The second-order valence-electron chi connectivity index (χ2n) is 22.7. The van der Waals surface area contributed by atoms with Crippen LogP contribution in [0.3, 0.4) is 0 Å². The van der Waals surface area contributed by atoms with Gasteiger partial charge in [0.15, 0.2) is 22.3 Å². The van der Waals surface area contributed by atoms with Gasteiger partial charge < -0.3 is 29.5 Å². The predicted octanol–water partition coefficient (Wildman–Crippen LogP) is 11.7. The number of nitrogens with one attached hydrogen (secondary N) is 3. The van der Waals surface area contributed by atoms with Gasteiger partial charge in [0.1, 0.15) is 17.7 Å². The van der Waals surface area contributed by atoms with Gasteiger partial charge in [0.05, 0.1) is 12.2 Å². The molecule has 0 spiro atoms. The number of hydrogen-bond acceptors (Lipinski definition) is 8. The number of benzene rings is 2. The van der Waals surface area contributed by atoms with Crippen molar-refractivity contribution in [2.45, 2.75) is 167 Å². The molecule has 64 heavy (non-hydrogen) atoms. The number of nitrogens with zero attached hydrogens (tertiary/aromatic N) is 4. The van der Waals surface area contributed by atoms with Crippen LogP contribution in [-0.2, 0) is 26.2 Å². The number of carbonyl (C=O) groups excluding carboxylic acids is 1. The summed E-state index contributed by atoms with van der Waals surface area (Å²) in [7, 11) is -1.81. The van der Waals surface area contributed by atoms with E-state index in [1.54, 1.807) is 0 Å². The van der Waals surface area contributed by atoms with Gasteiger partial charge in [-0.3, -0.25) is 9.30 Å². The molecule has 0 aliphatic heterocycles. The quantitative estimate of drug-likeness (QED) is 0.0630. The third-order valence-corrected chi connectivity index (χ3v) is 23.8. The maximum Gasteiger partial charge on any atom is 0.319 e. The summed E-state index contributed by atoms with van der Waals surface area (Å²) in [5.74, 6) is 1.84. The number of rotatable bonds is 19. The van der Waals surface area contributed by atoms with Crippen LogP contribution in [0.15, 0.2) is 60.8 Å². The Labute approximate surface area is 387 Å². The number of urea groups is 1. The smallest absolute Gasteiger partial charge is 0.319 e. The average Bonchev–Trinajstić information content (AvgIpc) is 3.86. The molecule has 2 heterocycles. The Morgan fingerprint density at radius 1 is 0.844 bits per heavy atom. The van der Waals surface area contributed by atoms with Crippen molar-refractivity contribution in [2.24, 2.45) is 0 Å². The van der Waals surface area contributed by atoms with Gasteiger partial charge >= 0.3 is 6.03 Å². The van der Waals surface area contributed by atoms with Gasteiger partial charge in [-0.15, -0.1) is 10.2 Å². The first-order valence-corrected chi connectivity index (χ1v) is 29.7. The summed E-state index contributed by atoms with van der Waals surface area (Å²) in [5.41, 5.74) is 6.13. The topological polar surface area (TPSA) is 114 Å². The zero-order valence-corrected chi connectivity index (χ0v) is 43.8. The zero-order chi connectivity index (χ0) is 46.7. The summed E-state index contributed by atoms with van der Waals surface area (Å²) in [6.45, 7) is 34.4. The number of hydrogen-bond donors (Lipinski definition) is 3. The lowest BCUT2D eigenvalue weighted by Gasteiger charge is -2.38. The fourth-order valence-electron chi connectivity index (χ4n) is 8.26. The van der Waals surface area contributed by atoms with Crippen molar-refractivity contribution in [3.63, 3.8) is 0 Å². The van der Waals surface area contributed by atoms with E-state index in [1.807, 2.05) is 25.2 Å². The highest BCUT2D eigenvalue weighted by molar-refractivity contribution is 6.74. The van der Waals surface area contributed by atoms with Crippen molar-refractivity contribution in [1.82, 2.24) is 30.1 Å². The van der Waals surface area contributed by atoms with E-state index in [-0.39, 0.29) is 39.1 Å². The highest BCUT2D eigenvalue weighted by Crippen LogP contribution is 2.51. The molecule has 2 aromatic carbocycles. The molecule has 2 amide bonds. The van der Waals surface area contributed by atoms with Crippen molar-refractivity contribution < 1.29 is 18.4 Å². The first-order valence-electron chi connectivity index (χ1n) is 23.9. The van der Waals surface area contributed by atoms with Crippen LogP contribution in [0.25, 0.3) is 5.65 Å². The molecule has 352 valence electrons. The van der Waals surface area contributed by atoms with E-state index in [4.69, 9.17) is 13.6 Å². The minimum atomic E-state index is -1.91. The molecule has 13 heteroatoms. The molecule has 0 bridgehead atoms. The molecule has 6 rings (SSSR count). The fraction of sp³-hybridized carbons (Fsp3) is 0.627. The van der Waals surface area contributed by atoms with Gasteiger partial charge in [-0.05, 0) is 140 Å². The minimum Gasteiger partial charge on any atom is -0.484 e. The molecule has 1 fully saturated rings. The Balaban J connectivity index is 1.15. The van der Waals surface area contributed by atoms with Crippen molar-refractivity contribution in [3.05, 3.63) is 88.9 Å². The van der Waals surface area contributed by atoms with Gasteiger partial charge in [0, 0.05) is 44.0 Å². The average molecular weight is 912 g/mol. The third-order valence-electron chi connectivity index (χ3n) is 14.7. The second-order valence-corrected chi connectivity index (χ2v) is 32.3. The second kappa shape index (κ2) is 19.7. The Kier molecular flexibility index (Phi) is 15.3. The normalized spacial score (nSPS) is 18.0. The molecule has 2 aliphatic carbocycles. The van der Waals surface area contributed by atoms with Crippen LogP contribution in [0.5, 0.6) is 5.75 Å². The molecular formula is C51H81N7O4Si2. The SMILES string of the molecule is CNCCCC1(c2nnc3ccc(O[C@@H]4CC[C@H](NC(=O)Nc5cc(CN(CCO[Si](C)(C)C(C)(C)C)CCO[Si](C)(C)C(C)(C)C)cc(C(C)(C)C)c5)c5ccccc54)cn23)CC1. The van der Waals surface area contributed by atoms with Crippen molar-refractivity contribution in [3.8, 4) is 5.75 Å². The highest BCUT2D eigenvalue weighted by atomic mass is 28.4. The summed E-state index contributed by atoms with van der Waals surface area (Å²) >= 11 is 0. The maximum absolute atomic E-state index is 14.0. The van der Waals surface area contributed by atoms with Gasteiger partial charge in [-0.2, -0.15) is 0 Å². The molecule has 11 nitrogen and oxygen atoms in total. The summed E-state index contributed by atoms with van der Waals surface area (Å²) in [6, 6.07) is 18.6. The van der Waals surface area contributed by atoms with Crippen LogP contribution >= 0.6 is 0 Å². The summed E-state index contributed by atoms with van der Waals surface area (Å²) < 4.78 is 22.3. The molecule has 0 unspecified atom stereocenters. The number of anilines is 1. The monoisotopic (exact) mass is 912 g/mol. The summed E-state index contributed by atoms with van der Waals surface area (Å²) in [4.78, 5) is 16.4. The number of amides is 2. The predicted molar refractivity (Wildman–Crippen MR) is 268 cm³/mol. The molecule has 2 aliphatic rings. The summed E-state index contributed by atoms with van der Waals surface area (Å²) in [6.07, 6.45) is 7.93. The van der Waals surface area contributed by atoms with Gasteiger partial charge in [-0.25, -0.2) is 4.79 Å². The zero-order valence-electron chi connectivity index (χ0n) is 41.8. The fourth-order valence-corrected chi connectivity index (χ4v) is 10.3. The number of ether oxygens (including phenoxy) is 1. The first kappa shape index (κ1) is 49.8. The molecule has 0 saturated heterocycles. The van der Waals surface area contributed by atoms with E-state index >= 15 is 0 Å². The highest BCUT2D eigenvalue weighted by Gasteiger charge is 2.47. The Morgan fingerprint density at radius 3 is 2.08 bits per heavy atom. The van der Waals surface area contributed by atoms with E-state index in [1.165, 1.54) is 5.56 Å². The van der Waals surface area contributed by atoms with Crippen molar-refractivity contribution in [2.75, 3.05) is 45.2 Å². The van der Waals surface area contributed by atoms with Crippen molar-refractivity contribution >= 4 is 34.0 Å². The lowest BCUT2D eigenvalue weighted by molar-refractivity contribution is 0.160. The Morgan fingerprint density at radius 2 is 1.48 bits per heavy atom. The third kappa shape index (κ3) is 12.2. The molecule has 2 aromatic heterocycles. The standard InChI is InChI=1S/C51H81N7O4Si2/c1-48(2,3)38-32-37(35-57(28-30-60-63(11,12)49(4,5)6)29-31-61-64(13,14)50(7,8)9)33-39(34-38)53-47(59)54-43-21-22-44(42-19-16-15-18-41(42)43)62-40-20-23-45-55-56-46(58(45)36-40)51(25-26-51)24-17-27-52-10/h15-16,18-20,23,32-34,36,43-44,52H,17,21-22,24-31,35H2,1-14H3,(H2,53,54,59)/t43-,44+/m0/s1. The Hall–Kier alpha value is -3.60. The first-order chi connectivity index (χ1) is 29.9. The van der Waals surface area contributed by atoms with E-state index in [2.05, 4.69) is 167 Å². The van der Waals surface area contributed by atoms with Gasteiger partial charge in [0.25, 0.3) is 0 Å². The lowest BCUT2D eigenvalue weighted by Crippen LogP contribution is -2.44. The van der Waals surface area contributed by atoms with E-state index in [0.29, 0.717) is 13.2 Å². The largest absolute Gasteiger partial charge is 0.484 e. The van der Waals surface area contributed by atoms with Crippen LogP contribution in [0, 0.1) is 0 Å². The number of carbonyl (C=O) groups is 1. The molecule has 3 N–H and O–H groups in total. The molecule has 4 aromatic rings. The van der Waals surface area contributed by atoms with Crippen LogP contribution in [0.2, 0.25) is 36.3 Å². The van der Waals surface area contributed by atoms with E-state index in [0.717, 1.165) is 104 Å². The van der Waals surface area contributed by atoms with Gasteiger partial charge in [-0.1, -0.05) is 92.6 Å². The molecule has 0 radical (unpaired) electrons. The Bertz CT molecular complexity index is 2170. The van der Waals surface area contributed by atoms with Crippen LogP contribution < -0.4 is 20.7 Å². The van der Waals surface area contributed by atoms with E-state index in [9.17, 15) is 4.79 Å². The molecule has 1 saturated carbocycles. The van der Waals surface area contributed by atoms with Crippen LogP contribution in [0.1, 0.15) is 141 Å². The van der Waals surface area contributed by atoms with Crippen LogP contribution in [0.4, 0.5) is 10.5 Å². The number of fused-ring (bicyclic) bond motifs is 2. The lowest BCUT2D eigenvalue weighted by atomic mass is 9.85. The van der Waals surface area contributed by atoms with Crippen LogP contribution in [-0.4, -0.2) is 82.1 Å². The number of aromatic nitrogens is 3. The maximum atomic E-state index is 14.0.